The highest BCUT2D eigenvalue weighted by molar-refractivity contribution is 5.47. The molecule has 1 heterocycles. The molecule has 31 heavy (non-hydrogen) atoms. The molecule has 7 heteroatoms. The molecule has 0 bridgehead atoms. The second kappa shape index (κ2) is 11.5. The lowest BCUT2D eigenvalue weighted by atomic mass is 9.86. The number of benzene rings is 1. The van der Waals surface area contributed by atoms with Crippen molar-refractivity contribution in [2.24, 2.45) is 5.92 Å². The van der Waals surface area contributed by atoms with Gasteiger partial charge in [-0.05, 0) is 61.9 Å². The highest BCUT2D eigenvalue weighted by Gasteiger charge is 2.21. The fourth-order valence-corrected chi connectivity index (χ4v) is 4.00. The number of hydrogen-bond donors (Lipinski definition) is 2. The number of nitrogens with zero attached hydrogens (tertiary/aromatic N) is 5. The largest absolute Gasteiger partial charge is 0.374 e. The number of anilines is 3. The molecular weight excluding hydrogens is 386 g/mol. The summed E-state index contributed by atoms with van der Waals surface area (Å²) in [5.41, 5.74) is 2.45. The third-order valence-corrected chi connectivity index (χ3v) is 5.98. The Hall–Kier alpha value is -2.85. The van der Waals surface area contributed by atoms with Gasteiger partial charge in [0, 0.05) is 52.2 Å². The van der Waals surface area contributed by atoms with E-state index in [2.05, 4.69) is 55.8 Å². The molecule has 0 aliphatic heterocycles. The number of aromatic nitrogens is 2. The summed E-state index contributed by atoms with van der Waals surface area (Å²) < 4.78 is 0. The summed E-state index contributed by atoms with van der Waals surface area (Å²) in [5, 5.41) is 15.9. The summed E-state index contributed by atoms with van der Waals surface area (Å²) in [4.78, 5) is 13.1. The molecule has 0 spiro atoms. The molecule has 1 aromatic carbocycles. The van der Waals surface area contributed by atoms with Gasteiger partial charge in [0.1, 0.15) is 5.82 Å². The minimum absolute atomic E-state index is 0.458. The number of rotatable bonds is 10. The van der Waals surface area contributed by atoms with Crippen molar-refractivity contribution in [3.05, 3.63) is 42.1 Å². The molecule has 0 atom stereocenters. The Morgan fingerprint density at radius 3 is 2.48 bits per heavy atom. The maximum atomic E-state index is 8.72. The van der Waals surface area contributed by atoms with Crippen LogP contribution in [0, 0.1) is 17.2 Å². The van der Waals surface area contributed by atoms with Crippen LogP contribution in [0.2, 0.25) is 0 Å². The van der Waals surface area contributed by atoms with Crippen LogP contribution in [0.25, 0.3) is 0 Å². The third-order valence-electron chi connectivity index (χ3n) is 5.98. The SMILES string of the molecule is CN(C)c1ccnc(NC2CCC(CNCc3ccc(N(C)CCC#N)cc3)CC2)n1. The first-order valence-electron chi connectivity index (χ1n) is 11.2. The van der Waals surface area contributed by atoms with Crippen LogP contribution in [0.3, 0.4) is 0 Å². The maximum Gasteiger partial charge on any atom is 0.224 e. The fraction of sp³-hybridized carbons (Fsp3) is 0.542. The van der Waals surface area contributed by atoms with Gasteiger partial charge in [0.2, 0.25) is 5.95 Å². The molecule has 0 amide bonds. The van der Waals surface area contributed by atoms with E-state index in [0.717, 1.165) is 55.8 Å². The van der Waals surface area contributed by atoms with E-state index in [1.54, 1.807) is 0 Å². The molecular formula is C24H35N7. The van der Waals surface area contributed by atoms with Gasteiger partial charge in [-0.2, -0.15) is 10.2 Å². The van der Waals surface area contributed by atoms with Gasteiger partial charge >= 0.3 is 0 Å². The first-order chi connectivity index (χ1) is 15.0. The zero-order chi connectivity index (χ0) is 22.1. The molecule has 1 fully saturated rings. The van der Waals surface area contributed by atoms with Crippen LogP contribution in [0.1, 0.15) is 37.7 Å². The quantitative estimate of drug-likeness (QED) is 0.606. The fourth-order valence-electron chi connectivity index (χ4n) is 4.00. The Morgan fingerprint density at radius 1 is 1.06 bits per heavy atom. The Bertz CT molecular complexity index is 836. The lowest BCUT2D eigenvalue weighted by Crippen LogP contribution is -2.31. The van der Waals surface area contributed by atoms with Gasteiger partial charge in [-0.1, -0.05) is 12.1 Å². The minimum atomic E-state index is 0.458. The van der Waals surface area contributed by atoms with Crippen LogP contribution in [-0.4, -0.2) is 50.2 Å². The van der Waals surface area contributed by atoms with Gasteiger partial charge in [-0.3, -0.25) is 0 Å². The third kappa shape index (κ3) is 7.11. The van der Waals surface area contributed by atoms with Crippen molar-refractivity contribution in [2.45, 2.75) is 44.7 Å². The van der Waals surface area contributed by atoms with Crippen LogP contribution >= 0.6 is 0 Å². The number of nitrogens with one attached hydrogen (secondary N) is 2. The summed E-state index contributed by atoms with van der Waals surface area (Å²) in [6, 6.07) is 13.2. The van der Waals surface area contributed by atoms with E-state index < -0.39 is 0 Å². The van der Waals surface area contributed by atoms with Gasteiger partial charge in [0.25, 0.3) is 0 Å². The standard InChI is InChI=1S/C24H35N7/c1-30(2)23-13-15-27-24(29-23)28-21-9-5-19(6-10-21)17-26-18-20-7-11-22(12-8-20)31(3)16-4-14-25/h7-8,11-13,15,19,21,26H,4-6,9-10,16-18H2,1-3H3,(H,27,28,29). The molecule has 166 valence electrons. The van der Waals surface area contributed by atoms with Crippen molar-refractivity contribution in [2.75, 3.05) is 49.3 Å². The highest BCUT2D eigenvalue weighted by Crippen LogP contribution is 2.26. The van der Waals surface area contributed by atoms with Gasteiger partial charge in [-0.15, -0.1) is 0 Å². The van der Waals surface area contributed by atoms with E-state index in [4.69, 9.17) is 5.26 Å². The van der Waals surface area contributed by atoms with Crippen molar-refractivity contribution in [1.29, 1.82) is 5.26 Å². The number of nitriles is 1. The Morgan fingerprint density at radius 2 is 1.81 bits per heavy atom. The van der Waals surface area contributed by atoms with Crippen LogP contribution in [0.5, 0.6) is 0 Å². The Kier molecular flexibility index (Phi) is 8.48. The lowest BCUT2D eigenvalue weighted by molar-refractivity contribution is 0.324. The van der Waals surface area contributed by atoms with E-state index in [-0.39, 0.29) is 0 Å². The second-order valence-electron chi connectivity index (χ2n) is 8.62. The van der Waals surface area contributed by atoms with Crippen LogP contribution < -0.4 is 20.4 Å². The molecule has 7 nitrogen and oxygen atoms in total. The summed E-state index contributed by atoms with van der Waals surface area (Å²) in [6.45, 7) is 2.72. The molecule has 0 unspecified atom stereocenters. The minimum Gasteiger partial charge on any atom is -0.374 e. The predicted molar refractivity (Wildman–Crippen MR) is 127 cm³/mol. The van der Waals surface area contributed by atoms with E-state index >= 15 is 0 Å². The lowest BCUT2D eigenvalue weighted by Gasteiger charge is -2.29. The van der Waals surface area contributed by atoms with Crippen molar-refractivity contribution in [1.82, 2.24) is 15.3 Å². The molecule has 2 aromatic rings. The zero-order valence-corrected chi connectivity index (χ0v) is 19.0. The Balaban J connectivity index is 1.36. The van der Waals surface area contributed by atoms with Gasteiger partial charge in [-0.25, -0.2) is 4.98 Å². The summed E-state index contributed by atoms with van der Waals surface area (Å²) in [5.74, 6) is 2.38. The van der Waals surface area contributed by atoms with E-state index in [1.165, 1.54) is 18.4 Å². The molecule has 0 saturated heterocycles. The van der Waals surface area contributed by atoms with Crippen LogP contribution in [0.15, 0.2) is 36.5 Å². The van der Waals surface area contributed by atoms with Gasteiger partial charge in [0.15, 0.2) is 0 Å². The summed E-state index contributed by atoms with van der Waals surface area (Å²) >= 11 is 0. The number of hydrogen-bond acceptors (Lipinski definition) is 7. The average Bonchev–Trinajstić information content (AvgIpc) is 2.79. The van der Waals surface area contributed by atoms with Gasteiger partial charge in [0.05, 0.1) is 12.5 Å². The van der Waals surface area contributed by atoms with Crippen LogP contribution in [0.4, 0.5) is 17.5 Å². The zero-order valence-electron chi connectivity index (χ0n) is 19.0. The summed E-state index contributed by atoms with van der Waals surface area (Å²) in [7, 11) is 6.02. The maximum absolute atomic E-state index is 8.72. The smallest absolute Gasteiger partial charge is 0.224 e. The second-order valence-corrected chi connectivity index (χ2v) is 8.62. The molecule has 0 radical (unpaired) electrons. The first-order valence-corrected chi connectivity index (χ1v) is 11.2. The monoisotopic (exact) mass is 421 g/mol. The molecule has 1 saturated carbocycles. The van der Waals surface area contributed by atoms with Crippen molar-refractivity contribution in [3.63, 3.8) is 0 Å². The van der Waals surface area contributed by atoms with E-state index in [1.807, 2.05) is 38.3 Å². The van der Waals surface area contributed by atoms with Crippen molar-refractivity contribution >= 4 is 17.5 Å². The summed E-state index contributed by atoms with van der Waals surface area (Å²) in [6.07, 6.45) is 7.13. The topological polar surface area (TPSA) is 80.1 Å². The average molecular weight is 422 g/mol. The Labute approximate surface area is 186 Å². The van der Waals surface area contributed by atoms with Crippen molar-refractivity contribution in [3.8, 4) is 6.07 Å². The van der Waals surface area contributed by atoms with E-state index in [9.17, 15) is 0 Å². The normalized spacial score (nSPS) is 18.3. The predicted octanol–water partition coefficient (Wildman–Crippen LogP) is 3.65. The molecule has 1 aromatic heterocycles. The molecule has 1 aliphatic carbocycles. The van der Waals surface area contributed by atoms with E-state index in [0.29, 0.717) is 12.5 Å². The highest BCUT2D eigenvalue weighted by atomic mass is 15.2. The van der Waals surface area contributed by atoms with Gasteiger partial charge < -0.3 is 20.4 Å². The molecule has 1 aliphatic rings. The molecule has 3 rings (SSSR count). The van der Waals surface area contributed by atoms with Crippen molar-refractivity contribution < 1.29 is 0 Å². The first kappa shape index (κ1) is 22.8. The molecule has 2 N–H and O–H groups in total. The van der Waals surface area contributed by atoms with Crippen LogP contribution in [-0.2, 0) is 6.54 Å².